The summed E-state index contributed by atoms with van der Waals surface area (Å²) in [5, 5.41) is 6.05. The minimum Gasteiger partial charge on any atom is -0.438 e. The van der Waals surface area contributed by atoms with Crippen LogP contribution >= 0.6 is 0 Å². The van der Waals surface area contributed by atoms with Gasteiger partial charge in [0, 0.05) is 49.3 Å². The third kappa shape index (κ3) is 6.65. The maximum absolute atomic E-state index is 12.6. The summed E-state index contributed by atoms with van der Waals surface area (Å²) >= 11 is 0. The molecule has 5 rings (SSSR count). The molecule has 1 fully saturated rings. The molecule has 2 aromatic carbocycles. The lowest BCUT2D eigenvalue weighted by Crippen LogP contribution is -2.55. The summed E-state index contributed by atoms with van der Waals surface area (Å²) in [7, 11) is 2.16. The molecule has 0 bridgehead atoms. The highest BCUT2D eigenvalue weighted by molar-refractivity contribution is 5.89. The van der Waals surface area contributed by atoms with Gasteiger partial charge in [-0.05, 0) is 75.0 Å². The van der Waals surface area contributed by atoms with Gasteiger partial charge in [0.1, 0.15) is 17.8 Å². The van der Waals surface area contributed by atoms with E-state index in [2.05, 4.69) is 68.4 Å². The molecule has 4 aromatic rings. The Hall–Kier alpha value is -4.45. The maximum atomic E-state index is 12.6. The number of halogens is 3. The molecule has 9 nitrogen and oxygen atoms in total. The normalized spacial score (nSPS) is 17.9. The van der Waals surface area contributed by atoms with E-state index in [1.54, 1.807) is 24.3 Å². The number of urea groups is 1. The van der Waals surface area contributed by atoms with Gasteiger partial charge < -0.3 is 20.3 Å². The van der Waals surface area contributed by atoms with Gasteiger partial charge in [0.2, 0.25) is 5.88 Å². The van der Waals surface area contributed by atoms with Gasteiger partial charge in [0.25, 0.3) is 0 Å². The van der Waals surface area contributed by atoms with E-state index >= 15 is 0 Å². The van der Waals surface area contributed by atoms with Crippen LogP contribution in [0, 0.1) is 0 Å². The number of carbonyl (C=O) groups is 1. The Morgan fingerprint density at radius 2 is 1.73 bits per heavy atom. The average molecular weight is 566 g/mol. The molecule has 1 aliphatic rings. The number of benzene rings is 2. The topological polar surface area (TPSA) is 95.5 Å². The number of likely N-dealkylation sites (N-methyl/N-ethyl adjacent to an activating group) is 1. The van der Waals surface area contributed by atoms with E-state index in [-0.39, 0.29) is 6.54 Å². The zero-order valence-electron chi connectivity index (χ0n) is 22.8. The molecule has 1 saturated heterocycles. The first-order valence-electron chi connectivity index (χ1n) is 13.1. The summed E-state index contributed by atoms with van der Waals surface area (Å²) in [6.45, 7) is 6.35. The van der Waals surface area contributed by atoms with Crippen molar-refractivity contribution < 1.29 is 22.7 Å². The van der Waals surface area contributed by atoms with Crippen LogP contribution in [-0.2, 0) is 12.7 Å². The fraction of sp³-hybridized carbons (Fsp3) is 0.310. The quantitative estimate of drug-likeness (QED) is 0.310. The molecule has 0 saturated carbocycles. The average Bonchev–Trinajstić information content (AvgIpc) is 2.95. The first kappa shape index (κ1) is 28.1. The fourth-order valence-electron chi connectivity index (χ4n) is 4.69. The first-order valence-corrected chi connectivity index (χ1v) is 13.1. The van der Waals surface area contributed by atoms with Crippen LogP contribution in [0.4, 0.5) is 29.3 Å². The highest BCUT2D eigenvalue weighted by atomic mass is 19.4. The zero-order valence-corrected chi connectivity index (χ0v) is 22.8. The van der Waals surface area contributed by atoms with Crippen molar-refractivity contribution in [3.8, 4) is 11.6 Å². The van der Waals surface area contributed by atoms with Gasteiger partial charge in [0.15, 0.2) is 0 Å². The molecule has 41 heavy (non-hydrogen) atoms. The molecule has 0 aliphatic carbocycles. The molecule has 3 heterocycles. The number of rotatable bonds is 6. The Labute approximate surface area is 235 Å². The minimum atomic E-state index is -4.51. The number of fused-ring (bicyclic) bond motifs is 1. The Bertz CT molecular complexity index is 1500. The van der Waals surface area contributed by atoms with E-state index in [0.717, 1.165) is 41.9 Å². The van der Waals surface area contributed by atoms with Crippen LogP contribution in [0.2, 0.25) is 0 Å². The lowest BCUT2D eigenvalue weighted by Gasteiger charge is -2.43. The van der Waals surface area contributed by atoms with Crippen molar-refractivity contribution in [1.82, 2.24) is 25.2 Å². The second kappa shape index (κ2) is 11.6. The summed E-state index contributed by atoms with van der Waals surface area (Å²) in [6, 6.07) is 15.4. The van der Waals surface area contributed by atoms with Crippen molar-refractivity contribution in [2.75, 3.05) is 30.4 Å². The zero-order chi connectivity index (χ0) is 29.1. The van der Waals surface area contributed by atoms with Gasteiger partial charge in [-0.2, -0.15) is 13.2 Å². The Morgan fingerprint density at radius 3 is 2.39 bits per heavy atom. The number of aromatic nitrogens is 3. The van der Waals surface area contributed by atoms with E-state index in [1.165, 1.54) is 12.4 Å². The predicted octanol–water partition coefficient (Wildman–Crippen LogP) is 5.69. The standard InChI is InChI=1S/C29H30F3N7O2/c1-18-15-39(16-19(2)38(18)3)22-7-10-24-25(12-22)35-17-36-27(24)41-23-8-5-21(6-9-23)37-28(40)34-14-20-4-11-26(33-13-20)29(30,31)32/h4-13,17-19H,14-16H2,1-3H3,(H2,34,37,40)/t18-,19+. The third-order valence-electron chi connectivity index (χ3n) is 7.20. The van der Waals surface area contributed by atoms with Gasteiger partial charge in [-0.15, -0.1) is 0 Å². The molecule has 2 N–H and O–H groups in total. The Kier molecular flexibility index (Phi) is 7.93. The van der Waals surface area contributed by atoms with E-state index in [4.69, 9.17) is 4.74 Å². The number of carbonyl (C=O) groups excluding carboxylic acids is 1. The third-order valence-corrected chi connectivity index (χ3v) is 7.20. The van der Waals surface area contributed by atoms with Crippen LogP contribution in [0.5, 0.6) is 11.6 Å². The smallest absolute Gasteiger partial charge is 0.433 e. The first-order chi connectivity index (χ1) is 19.6. The van der Waals surface area contributed by atoms with Crippen LogP contribution in [0.25, 0.3) is 10.9 Å². The highest BCUT2D eigenvalue weighted by Gasteiger charge is 2.32. The Balaban J connectivity index is 1.19. The van der Waals surface area contributed by atoms with Crippen LogP contribution in [0.1, 0.15) is 25.1 Å². The summed E-state index contributed by atoms with van der Waals surface area (Å²) < 4.78 is 44.0. The number of anilines is 2. The maximum Gasteiger partial charge on any atom is 0.433 e. The predicted molar refractivity (Wildman–Crippen MR) is 150 cm³/mol. The molecule has 2 aromatic heterocycles. The second-order valence-electron chi connectivity index (χ2n) is 10.1. The van der Waals surface area contributed by atoms with Crippen LogP contribution < -0.4 is 20.3 Å². The number of amides is 2. The highest BCUT2D eigenvalue weighted by Crippen LogP contribution is 2.31. The van der Waals surface area contributed by atoms with Gasteiger partial charge in [-0.3, -0.25) is 9.88 Å². The molecule has 2 amide bonds. The number of nitrogens with one attached hydrogen (secondary N) is 2. The lowest BCUT2D eigenvalue weighted by molar-refractivity contribution is -0.141. The SMILES string of the molecule is C[C@@H]1CN(c2ccc3c(Oc4ccc(NC(=O)NCc5ccc(C(F)(F)F)nc5)cc4)ncnc3c2)C[C@H](C)N1C. The van der Waals surface area contributed by atoms with Gasteiger partial charge >= 0.3 is 12.2 Å². The number of alkyl halides is 3. The Morgan fingerprint density at radius 1 is 1.00 bits per heavy atom. The number of piperazine rings is 1. The van der Waals surface area contributed by atoms with Crippen molar-refractivity contribution in [3.63, 3.8) is 0 Å². The number of hydrogen-bond acceptors (Lipinski definition) is 7. The molecule has 1 aliphatic heterocycles. The van der Waals surface area contributed by atoms with Gasteiger partial charge in [-0.1, -0.05) is 6.07 Å². The van der Waals surface area contributed by atoms with E-state index in [0.29, 0.717) is 35.0 Å². The van der Waals surface area contributed by atoms with Crippen molar-refractivity contribution in [2.45, 2.75) is 38.7 Å². The molecular weight excluding hydrogens is 535 g/mol. The molecule has 0 radical (unpaired) electrons. The monoisotopic (exact) mass is 565 g/mol. The van der Waals surface area contributed by atoms with Crippen LogP contribution in [-0.4, -0.2) is 58.1 Å². The van der Waals surface area contributed by atoms with Gasteiger partial charge in [0.05, 0.1) is 10.9 Å². The van der Waals surface area contributed by atoms with E-state index in [9.17, 15) is 18.0 Å². The summed E-state index contributed by atoms with van der Waals surface area (Å²) in [4.78, 5) is 29.2. The van der Waals surface area contributed by atoms with Gasteiger partial charge in [-0.25, -0.2) is 14.8 Å². The molecule has 2 atom stereocenters. The summed E-state index contributed by atoms with van der Waals surface area (Å²) in [5.74, 6) is 0.947. The van der Waals surface area contributed by atoms with Crippen molar-refractivity contribution >= 4 is 28.3 Å². The molecule has 0 spiro atoms. The molecule has 214 valence electrons. The second-order valence-corrected chi connectivity index (χ2v) is 10.1. The van der Waals surface area contributed by atoms with Crippen molar-refractivity contribution in [3.05, 3.63) is 78.4 Å². The summed E-state index contributed by atoms with van der Waals surface area (Å²) in [5.41, 5.74) is 1.85. The van der Waals surface area contributed by atoms with Crippen LogP contribution in [0.15, 0.2) is 67.1 Å². The van der Waals surface area contributed by atoms with Crippen molar-refractivity contribution in [1.29, 1.82) is 0 Å². The number of ether oxygens (including phenoxy) is 1. The largest absolute Gasteiger partial charge is 0.438 e. The van der Waals surface area contributed by atoms with E-state index in [1.807, 2.05) is 6.07 Å². The van der Waals surface area contributed by atoms with Crippen molar-refractivity contribution in [2.24, 2.45) is 0 Å². The molecule has 12 heteroatoms. The molecular formula is C29H30F3N7O2. The number of nitrogens with zero attached hydrogens (tertiary/aromatic N) is 5. The summed E-state index contributed by atoms with van der Waals surface area (Å²) in [6.07, 6.45) is -1.95. The number of pyridine rings is 1. The minimum absolute atomic E-state index is 0.0214. The fourth-order valence-corrected chi connectivity index (χ4v) is 4.69. The molecule has 0 unspecified atom stereocenters. The van der Waals surface area contributed by atoms with Crippen LogP contribution in [0.3, 0.4) is 0 Å². The van der Waals surface area contributed by atoms with E-state index < -0.39 is 17.9 Å². The number of hydrogen-bond donors (Lipinski definition) is 2. The lowest BCUT2D eigenvalue weighted by atomic mass is 10.1.